The Balaban J connectivity index is 1.27. The van der Waals surface area contributed by atoms with Crippen molar-refractivity contribution in [3.63, 3.8) is 0 Å². The number of nitrogens with one attached hydrogen (secondary N) is 2. The van der Waals surface area contributed by atoms with Crippen LogP contribution in [0.5, 0.6) is 0 Å². The Morgan fingerprint density at radius 3 is 2.50 bits per heavy atom. The molecule has 2 N–H and O–H groups in total. The molecule has 1 saturated heterocycles. The van der Waals surface area contributed by atoms with Crippen molar-refractivity contribution in [2.45, 2.75) is 44.8 Å². The Labute approximate surface area is 204 Å². The normalized spacial score (nSPS) is 14.1. The topological polar surface area (TPSA) is 92.2 Å². The molecule has 8 nitrogen and oxygen atoms in total. The van der Waals surface area contributed by atoms with Crippen LogP contribution in [0.3, 0.4) is 0 Å². The van der Waals surface area contributed by atoms with E-state index < -0.39 is 0 Å². The number of anilines is 1. The molecule has 1 aliphatic heterocycles. The Morgan fingerprint density at radius 1 is 1.03 bits per heavy atom. The third kappa shape index (κ3) is 5.77. The van der Waals surface area contributed by atoms with Gasteiger partial charge in [-0.2, -0.15) is 0 Å². The molecule has 0 saturated carbocycles. The monoisotopic (exact) mass is 478 g/mol. The summed E-state index contributed by atoms with van der Waals surface area (Å²) in [7, 11) is 0. The maximum Gasteiger partial charge on any atom is 0.321 e. The number of para-hydroxylation sites is 1. The van der Waals surface area contributed by atoms with Crippen molar-refractivity contribution in [1.82, 2.24) is 25.0 Å². The number of rotatable bonds is 6. The van der Waals surface area contributed by atoms with Gasteiger partial charge in [-0.3, -0.25) is 9.36 Å². The van der Waals surface area contributed by atoms with Gasteiger partial charge in [0.05, 0.1) is 11.4 Å². The van der Waals surface area contributed by atoms with Crippen LogP contribution in [0.1, 0.15) is 29.8 Å². The zero-order valence-corrected chi connectivity index (χ0v) is 20.6. The number of amides is 3. The van der Waals surface area contributed by atoms with Gasteiger partial charge in [0.25, 0.3) is 0 Å². The van der Waals surface area contributed by atoms with Gasteiger partial charge in [0.15, 0.2) is 5.16 Å². The Bertz CT molecular complexity index is 1160. The second kappa shape index (κ2) is 10.7. The highest BCUT2D eigenvalue weighted by Crippen LogP contribution is 2.25. The van der Waals surface area contributed by atoms with E-state index in [4.69, 9.17) is 0 Å². The summed E-state index contributed by atoms with van der Waals surface area (Å²) in [5.74, 6) is 1.01. The molecule has 34 heavy (non-hydrogen) atoms. The summed E-state index contributed by atoms with van der Waals surface area (Å²) >= 11 is 1.38. The third-order valence-corrected chi connectivity index (χ3v) is 6.83. The van der Waals surface area contributed by atoms with Gasteiger partial charge < -0.3 is 15.5 Å². The number of carbonyl (C=O) groups is 2. The number of aryl methyl sites for hydroxylation is 3. The van der Waals surface area contributed by atoms with E-state index in [9.17, 15) is 9.59 Å². The quantitative estimate of drug-likeness (QED) is 0.521. The van der Waals surface area contributed by atoms with Crippen LogP contribution in [0.15, 0.2) is 53.7 Å². The number of hydrogen-bond donors (Lipinski definition) is 2. The zero-order valence-electron chi connectivity index (χ0n) is 19.7. The highest BCUT2D eigenvalue weighted by Gasteiger charge is 2.24. The summed E-state index contributed by atoms with van der Waals surface area (Å²) in [4.78, 5) is 26.9. The van der Waals surface area contributed by atoms with E-state index in [1.807, 2.05) is 41.8 Å². The summed E-state index contributed by atoms with van der Waals surface area (Å²) in [6.07, 6.45) is 1.47. The summed E-state index contributed by atoms with van der Waals surface area (Å²) in [6.45, 7) is 7.25. The van der Waals surface area contributed by atoms with Crippen LogP contribution >= 0.6 is 11.8 Å². The zero-order chi connectivity index (χ0) is 24.1. The lowest BCUT2D eigenvalue weighted by Gasteiger charge is -2.32. The summed E-state index contributed by atoms with van der Waals surface area (Å²) in [6, 6.07) is 15.7. The molecule has 0 spiro atoms. The molecule has 178 valence electrons. The predicted octanol–water partition coefficient (Wildman–Crippen LogP) is 4.10. The number of thioether (sulfide) groups is 1. The van der Waals surface area contributed by atoms with Crippen LogP contribution < -0.4 is 10.6 Å². The van der Waals surface area contributed by atoms with Gasteiger partial charge in [0.2, 0.25) is 5.91 Å². The van der Waals surface area contributed by atoms with E-state index >= 15 is 0 Å². The fourth-order valence-electron chi connectivity index (χ4n) is 4.02. The van der Waals surface area contributed by atoms with Crippen LogP contribution in [0.2, 0.25) is 0 Å². The molecule has 0 aliphatic carbocycles. The van der Waals surface area contributed by atoms with E-state index in [2.05, 4.69) is 52.9 Å². The van der Waals surface area contributed by atoms with Gasteiger partial charge >= 0.3 is 6.03 Å². The summed E-state index contributed by atoms with van der Waals surface area (Å²) in [5.41, 5.74) is 4.10. The minimum Gasteiger partial charge on any atom is -0.353 e. The van der Waals surface area contributed by atoms with E-state index in [1.54, 1.807) is 4.90 Å². The summed E-state index contributed by atoms with van der Waals surface area (Å²) < 4.78 is 2.00. The number of benzene rings is 2. The van der Waals surface area contributed by atoms with Gasteiger partial charge in [0.1, 0.15) is 5.82 Å². The first-order chi connectivity index (χ1) is 16.4. The number of hydrogen-bond acceptors (Lipinski definition) is 5. The molecule has 4 rings (SSSR count). The lowest BCUT2D eigenvalue weighted by atomic mass is 10.1. The van der Waals surface area contributed by atoms with Crippen LogP contribution in [0.25, 0.3) is 5.69 Å². The van der Waals surface area contributed by atoms with E-state index in [1.165, 1.54) is 11.8 Å². The second-order valence-electron chi connectivity index (χ2n) is 8.57. The van der Waals surface area contributed by atoms with E-state index in [0.717, 1.165) is 41.2 Å². The van der Waals surface area contributed by atoms with Crippen molar-refractivity contribution < 1.29 is 9.59 Å². The van der Waals surface area contributed by atoms with Crippen molar-refractivity contribution in [1.29, 1.82) is 0 Å². The van der Waals surface area contributed by atoms with Crippen molar-refractivity contribution in [3.8, 4) is 5.69 Å². The van der Waals surface area contributed by atoms with Crippen molar-refractivity contribution in [3.05, 3.63) is 65.5 Å². The highest BCUT2D eigenvalue weighted by atomic mass is 32.2. The van der Waals surface area contributed by atoms with Crippen molar-refractivity contribution in [2.75, 3.05) is 24.2 Å². The van der Waals surface area contributed by atoms with Gasteiger partial charge in [0, 0.05) is 24.8 Å². The first kappa shape index (κ1) is 23.8. The molecular formula is C25H30N6O2S. The van der Waals surface area contributed by atoms with Crippen LogP contribution in [-0.4, -0.2) is 56.5 Å². The lowest BCUT2D eigenvalue weighted by Crippen LogP contribution is -2.48. The molecule has 3 amide bonds. The molecule has 1 aliphatic rings. The van der Waals surface area contributed by atoms with Crippen LogP contribution in [0.4, 0.5) is 10.5 Å². The molecule has 0 atom stereocenters. The number of piperidine rings is 1. The van der Waals surface area contributed by atoms with Crippen molar-refractivity contribution in [2.24, 2.45) is 0 Å². The molecule has 2 heterocycles. The second-order valence-corrected chi connectivity index (χ2v) is 9.51. The molecule has 2 aromatic carbocycles. The lowest BCUT2D eigenvalue weighted by molar-refractivity contribution is -0.119. The fraction of sp³-hybridized carbons (Fsp3) is 0.360. The third-order valence-electron chi connectivity index (χ3n) is 5.91. The average molecular weight is 479 g/mol. The van der Waals surface area contributed by atoms with E-state index in [0.29, 0.717) is 18.2 Å². The van der Waals surface area contributed by atoms with Gasteiger partial charge in [-0.05, 0) is 62.9 Å². The number of nitrogens with zero attached hydrogens (tertiary/aromatic N) is 4. The number of carbonyl (C=O) groups excluding carboxylic acids is 2. The molecule has 1 fully saturated rings. The fourth-order valence-corrected chi connectivity index (χ4v) is 4.83. The highest BCUT2D eigenvalue weighted by molar-refractivity contribution is 7.99. The van der Waals surface area contributed by atoms with Gasteiger partial charge in [-0.15, -0.1) is 10.2 Å². The maximum absolute atomic E-state index is 12.6. The van der Waals surface area contributed by atoms with E-state index in [-0.39, 0.29) is 23.7 Å². The van der Waals surface area contributed by atoms with Gasteiger partial charge in [-0.25, -0.2) is 4.79 Å². The molecule has 0 unspecified atom stereocenters. The molecular weight excluding hydrogens is 448 g/mol. The van der Waals surface area contributed by atoms with Crippen LogP contribution in [-0.2, 0) is 4.79 Å². The Kier molecular flexibility index (Phi) is 7.52. The molecule has 9 heteroatoms. The maximum atomic E-state index is 12.6. The predicted molar refractivity (Wildman–Crippen MR) is 134 cm³/mol. The molecule has 0 radical (unpaired) electrons. The molecule has 3 aromatic rings. The molecule has 0 bridgehead atoms. The van der Waals surface area contributed by atoms with Gasteiger partial charge in [-0.1, -0.05) is 42.1 Å². The standard InChI is InChI=1S/C25H30N6O2S/c1-17-9-10-18(2)22(15-17)31-19(3)28-29-25(31)34-16-23(32)26-21-11-13-30(14-12-21)24(33)27-20-7-5-4-6-8-20/h4-10,15,21H,11-14,16H2,1-3H3,(H,26,32)(H,27,33). The SMILES string of the molecule is Cc1ccc(C)c(-n2c(C)nnc2SCC(=O)NC2CCN(C(=O)Nc3ccccc3)CC2)c1. The first-order valence-electron chi connectivity index (χ1n) is 11.4. The van der Waals surface area contributed by atoms with Crippen LogP contribution in [0, 0.1) is 20.8 Å². The van der Waals surface area contributed by atoms with Crippen molar-refractivity contribution >= 4 is 29.4 Å². The Hall–Kier alpha value is -3.33. The first-order valence-corrected chi connectivity index (χ1v) is 12.4. The minimum atomic E-state index is -0.104. The Morgan fingerprint density at radius 2 is 1.76 bits per heavy atom. The molecule has 1 aromatic heterocycles. The number of likely N-dealkylation sites (tertiary alicyclic amines) is 1. The smallest absolute Gasteiger partial charge is 0.321 e. The minimum absolute atomic E-state index is 0.0367. The largest absolute Gasteiger partial charge is 0.353 e. The number of aromatic nitrogens is 3. The number of urea groups is 1. The average Bonchev–Trinajstić information content (AvgIpc) is 3.20. The summed E-state index contributed by atoms with van der Waals surface area (Å²) in [5, 5.41) is 15.2.